The van der Waals surface area contributed by atoms with Crippen LogP contribution in [0.3, 0.4) is 0 Å². The van der Waals surface area contributed by atoms with Crippen molar-refractivity contribution in [3.8, 4) is 5.88 Å². The number of fused-ring (bicyclic) bond motifs is 3. The molecule has 3 N–H and O–H groups in total. The van der Waals surface area contributed by atoms with Gasteiger partial charge in [-0.25, -0.2) is 18.8 Å². The summed E-state index contributed by atoms with van der Waals surface area (Å²) in [4.78, 5) is 12.7. The van der Waals surface area contributed by atoms with Crippen LogP contribution in [-0.2, 0) is 46.9 Å². The number of nitrogens with two attached hydrogens (primary N) is 1. The van der Waals surface area contributed by atoms with Crippen LogP contribution in [0.5, 0.6) is 5.88 Å². The summed E-state index contributed by atoms with van der Waals surface area (Å²) in [5, 5.41) is 13.0. The third kappa shape index (κ3) is 2.93. The van der Waals surface area contributed by atoms with Crippen molar-refractivity contribution in [2.75, 3.05) is 19.0 Å². The summed E-state index contributed by atoms with van der Waals surface area (Å²) in [6.45, 7) is 2.63. The molecule has 2 atom stereocenters. The lowest BCUT2D eigenvalue weighted by Crippen LogP contribution is -2.36. The highest BCUT2D eigenvalue weighted by Gasteiger charge is 2.39. The van der Waals surface area contributed by atoms with Gasteiger partial charge in [0.1, 0.15) is 4.90 Å². The van der Waals surface area contributed by atoms with Gasteiger partial charge in [-0.15, -0.1) is 4.36 Å². The van der Waals surface area contributed by atoms with Gasteiger partial charge in [-0.3, -0.25) is 0 Å². The van der Waals surface area contributed by atoms with Crippen molar-refractivity contribution in [2.45, 2.75) is 49.6 Å². The SMILES string of the molecule is COC[C@@]1(C)Cn2ncc(S(N)(=O)=NC(=O)Nc3c4c(cc5c3CC5)CC4)c2O1. The van der Waals surface area contributed by atoms with Crippen molar-refractivity contribution in [1.29, 1.82) is 0 Å². The third-order valence-corrected chi connectivity index (χ3v) is 7.17. The molecule has 2 heterocycles. The minimum absolute atomic E-state index is 0.113. The molecule has 2 amide bonds. The molecule has 154 valence electrons. The number of carbonyl (C=O) groups is 1. The van der Waals surface area contributed by atoms with Gasteiger partial charge in [0.05, 0.1) is 19.3 Å². The first kappa shape index (κ1) is 18.6. The maximum Gasteiger partial charge on any atom is 0.354 e. The lowest BCUT2D eigenvalue weighted by atomic mass is 9.76. The average Bonchev–Trinajstić information content (AvgIpc) is 3.07. The zero-order valence-corrected chi connectivity index (χ0v) is 17.2. The molecule has 1 aromatic carbocycles. The molecule has 5 rings (SSSR count). The first-order valence-corrected chi connectivity index (χ1v) is 11.1. The van der Waals surface area contributed by atoms with E-state index in [1.54, 1.807) is 11.8 Å². The minimum Gasteiger partial charge on any atom is -0.466 e. The standard InChI is InChI=1S/C19H23N5O4S/c1-19(10-27-2)9-24-17(28-19)15(8-21-24)29(20,26)23-18(25)22-16-13-5-3-11(13)7-12-4-6-14(12)16/h7-8H,3-6,9-10H2,1-2H3,(H3,20,22,23,25,26)/t19-,29?/m1/s1. The van der Waals surface area contributed by atoms with Crippen molar-refractivity contribution in [3.05, 3.63) is 34.5 Å². The number of aromatic nitrogens is 2. The molecule has 0 saturated carbocycles. The molecule has 2 aromatic rings. The number of ether oxygens (including phenoxy) is 2. The van der Waals surface area contributed by atoms with Crippen LogP contribution >= 0.6 is 0 Å². The second-order valence-corrected chi connectivity index (χ2v) is 9.83. The Morgan fingerprint density at radius 3 is 2.66 bits per heavy atom. The predicted octanol–water partition coefficient (Wildman–Crippen LogP) is 1.81. The van der Waals surface area contributed by atoms with Gasteiger partial charge in [0.15, 0.2) is 15.5 Å². The molecule has 2 aliphatic carbocycles. The number of amides is 2. The second kappa shape index (κ2) is 6.28. The number of hydrogen-bond donors (Lipinski definition) is 2. The lowest BCUT2D eigenvalue weighted by molar-refractivity contribution is 0.0165. The molecule has 0 fully saturated rings. The zero-order chi connectivity index (χ0) is 20.4. The Kier molecular flexibility index (Phi) is 4.03. The van der Waals surface area contributed by atoms with Crippen molar-refractivity contribution in [1.82, 2.24) is 9.78 Å². The van der Waals surface area contributed by atoms with Gasteiger partial charge in [0.25, 0.3) is 0 Å². The van der Waals surface area contributed by atoms with Gasteiger partial charge in [-0.1, -0.05) is 6.07 Å². The Balaban J connectivity index is 1.43. The van der Waals surface area contributed by atoms with E-state index in [0.717, 1.165) is 42.5 Å². The fraction of sp³-hybridized carbons (Fsp3) is 0.474. The van der Waals surface area contributed by atoms with E-state index in [0.29, 0.717) is 13.2 Å². The first-order valence-electron chi connectivity index (χ1n) is 9.56. The molecule has 10 heteroatoms. The molecular weight excluding hydrogens is 394 g/mol. The topological polar surface area (TPSA) is 121 Å². The molecule has 3 aliphatic rings. The monoisotopic (exact) mass is 417 g/mol. The van der Waals surface area contributed by atoms with Gasteiger partial charge in [-0.2, -0.15) is 5.10 Å². The molecule has 1 unspecified atom stereocenters. The minimum atomic E-state index is -3.52. The van der Waals surface area contributed by atoms with Crippen LogP contribution in [0.25, 0.3) is 0 Å². The summed E-state index contributed by atoms with van der Waals surface area (Å²) in [5.74, 6) is 0.265. The molecule has 9 nitrogen and oxygen atoms in total. The van der Waals surface area contributed by atoms with E-state index in [1.165, 1.54) is 17.3 Å². The number of hydrogen-bond acceptors (Lipinski definition) is 5. The molecule has 1 aromatic heterocycles. The molecule has 0 saturated heterocycles. The molecule has 0 bridgehead atoms. The van der Waals surface area contributed by atoms with Crippen LogP contribution in [0, 0.1) is 0 Å². The number of benzene rings is 1. The molecule has 0 radical (unpaired) electrons. The molecule has 29 heavy (non-hydrogen) atoms. The number of rotatable bonds is 4. The van der Waals surface area contributed by atoms with Gasteiger partial charge in [0, 0.05) is 12.8 Å². The summed E-state index contributed by atoms with van der Waals surface area (Å²) >= 11 is 0. The van der Waals surface area contributed by atoms with Crippen LogP contribution in [0.1, 0.15) is 29.2 Å². The molecule has 0 spiro atoms. The summed E-state index contributed by atoms with van der Waals surface area (Å²) in [5.41, 5.74) is 5.03. The number of anilines is 1. The van der Waals surface area contributed by atoms with Crippen LogP contribution in [0.2, 0.25) is 0 Å². The first-order chi connectivity index (χ1) is 13.8. The number of methoxy groups -OCH3 is 1. The summed E-state index contributed by atoms with van der Waals surface area (Å²) < 4.78 is 29.5. The largest absolute Gasteiger partial charge is 0.466 e. The Morgan fingerprint density at radius 1 is 1.38 bits per heavy atom. The lowest BCUT2D eigenvalue weighted by Gasteiger charge is -2.31. The van der Waals surface area contributed by atoms with E-state index < -0.39 is 21.5 Å². The molecular formula is C19H23N5O4S. The van der Waals surface area contributed by atoms with Crippen molar-refractivity contribution in [3.63, 3.8) is 0 Å². The van der Waals surface area contributed by atoms with E-state index >= 15 is 0 Å². The van der Waals surface area contributed by atoms with Gasteiger partial charge in [0.2, 0.25) is 5.88 Å². The summed E-state index contributed by atoms with van der Waals surface area (Å²) in [7, 11) is -1.94. The molecule has 1 aliphatic heterocycles. The summed E-state index contributed by atoms with van der Waals surface area (Å²) in [6.07, 6.45) is 5.26. The van der Waals surface area contributed by atoms with E-state index in [-0.39, 0.29) is 10.8 Å². The Bertz CT molecular complexity index is 1130. The van der Waals surface area contributed by atoms with Crippen LogP contribution in [0.4, 0.5) is 10.5 Å². The predicted molar refractivity (Wildman–Crippen MR) is 106 cm³/mol. The van der Waals surface area contributed by atoms with Crippen molar-refractivity contribution in [2.24, 2.45) is 9.50 Å². The van der Waals surface area contributed by atoms with E-state index in [9.17, 15) is 9.00 Å². The van der Waals surface area contributed by atoms with Gasteiger partial charge < -0.3 is 14.8 Å². The van der Waals surface area contributed by atoms with Gasteiger partial charge in [-0.05, 0) is 54.9 Å². The van der Waals surface area contributed by atoms with Crippen LogP contribution in [0.15, 0.2) is 21.5 Å². The fourth-order valence-corrected chi connectivity index (χ4v) is 5.25. The Morgan fingerprint density at radius 2 is 2.07 bits per heavy atom. The smallest absolute Gasteiger partial charge is 0.354 e. The third-order valence-electron chi connectivity index (χ3n) is 5.82. The Labute approximate surface area is 168 Å². The van der Waals surface area contributed by atoms with Crippen molar-refractivity contribution < 1.29 is 18.5 Å². The highest BCUT2D eigenvalue weighted by molar-refractivity contribution is 7.91. The van der Waals surface area contributed by atoms with Crippen molar-refractivity contribution >= 4 is 21.6 Å². The maximum absolute atomic E-state index is 13.1. The van der Waals surface area contributed by atoms with Crippen LogP contribution in [-0.4, -0.2) is 39.3 Å². The summed E-state index contributed by atoms with van der Waals surface area (Å²) in [6, 6.07) is 1.51. The van der Waals surface area contributed by atoms with Gasteiger partial charge >= 0.3 is 6.03 Å². The maximum atomic E-state index is 13.1. The number of nitrogens with zero attached hydrogens (tertiary/aromatic N) is 3. The average molecular weight is 417 g/mol. The van der Waals surface area contributed by atoms with E-state index in [1.807, 2.05) is 6.92 Å². The van der Waals surface area contributed by atoms with E-state index in [4.69, 9.17) is 14.6 Å². The van der Waals surface area contributed by atoms with Crippen LogP contribution < -0.4 is 15.2 Å². The zero-order valence-electron chi connectivity index (χ0n) is 16.4. The highest BCUT2D eigenvalue weighted by Crippen LogP contribution is 2.41. The Hall–Kier alpha value is -2.43. The van der Waals surface area contributed by atoms with E-state index in [2.05, 4.69) is 20.8 Å². The normalized spacial score (nSPS) is 22.9. The fourth-order valence-electron chi connectivity index (χ4n) is 4.26. The highest BCUT2D eigenvalue weighted by atomic mass is 32.2. The number of carbonyl (C=O) groups excluding carboxylic acids is 1. The quantitative estimate of drug-likeness (QED) is 0.786. The number of aryl methyl sites for hydroxylation is 2. The number of nitrogens with one attached hydrogen (secondary N) is 1. The second-order valence-electron chi connectivity index (χ2n) is 8.07. The number of urea groups is 1.